The molecule has 6 atom stereocenters. The van der Waals surface area contributed by atoms with Crippen molar-refractivity contribution in [2.24, 2.45) is 35.5 Å². The number of nitrogens with one attached hydrogen (secondary N) is 4. The summed E-state index contributed by atoms with van der Waals surface area (Å²) in [7, 11) is 0. The lowest BCUT2D eigenvalue weighted by atomic mass is 9.89. The van der Waals surface area contributed by atoms with E-state index < -0.39 is 0 Å². The van der Waals surface area contributed by atoms with Crippen molar-refractivity contribution in [2.75, 3.05) is 23.7 Å². The molecule has 6 nitrogen and oxygen atoms in total. The van der Waals surface area contributed by atoms with Crippen molar-refractivity contribution < 1.29 is 9.59 Å². The average Bonchev–Trinajstić information content (AvgIpc) is 3.71. The fourth-order valence-electron chi connectivity index (χ4n) is 7.70. The zero-order valence-electron chi connectivity index (χ0n) is 21.7. The summed E-state index contributed by atoms with van der Waals surface area (Å²) in [6.07, 6.45) is 11.6. The first kappa shape index (κ1) is 24.3. The molecular formula is C31H40N4O2. The Morgan fingerprint density at radius 2 is 1.03 bits per heavy atom. The van der Waals surface area contributed by atoms with Crippen LogP contribution in [0.15, 0.2) is 48.5 Å². The Bertz CT molecular complexity index is 1010. The summed E-state index contributed by atoms with van der Waals surface area (Å²) in [5.41, 5.74) is 3.98. The Morgan fingerprint density at radius 3 is 1.38 bits per heavy atom. The number of rotatable bonds is 8. The maximum atomic E-state index is 12.3. The third-order valence-corrected chi connectivity index (χ3v) is 9.65. The van der Waals surface area contributed by atoms with Crippen molar-refractivity contribution in [3.05, 3.63) is 59.7 Å². The van der Waals surface area contributed by atoms with Gasteiger partial charge in [-0.25, -0.2) is 9.59 Å². The molecule has 4 amide bonds. The van der Waals surface area contributed by atoms with E-state index in [0.717, 1.165) is 54.6 Å². The highest BCUT2D eigenvalue weighted by Crippen LogP contribution is 2.48. The lowest BCUT2D eigenvalue weighted by molar-refractivity contribution is 0.245. The minimum atomic E-state index is -0.113. The fraction of sp³-hybridized carbons (Fsp3) is 0.548. The number of hydrogen-bond acceptors (Lipinski definition) is 2. The lowest BCUT2D eigenvalue weighted by Gasteiger charge is -2.21. The van der Waals surface area contributed by atoms with Gasteiger partial charge in [-0.15, -0.1) is 0 Å². The van der Waals surface area contributed by atoms with Gasteiger partial charge < -0.3 is 21.3 Å². The normalized spacial score (nSPS) is 29.3. The van der Waals surface area contributed by atoms with E-state index in [-0.39, 0.29) is 12.1 Å². The maximum absolute atomic E-state index is 12.3. The lowest BCUT2D eigenvalue weighted by Crippen LogP contribution is -2.34. The van der Waals surface area contributed by atoms with Gasteiger partial charge in [-0.05, 0) is 116 Å². The number of fused-ring (bicyclic) bond motifs is 4. The second-order valence-electron chi connectivity index (χ2n) is 12.1. The topological polar surface area (TPSA) is 82.3 Å². The van der Waals surface area contributed by atoms with Crippen molar-refractivity contribution in [1.82, 2.24) is 10.6 Å². The summed E-state index contributed by atoms with van der Waals surface area (Å²) in [6.45, 7) is 1.58. The molecule has 4 fully saturated rings. The molecule has 4 aliphatic rings. The van der Waals surface area contributed by atoms with Crippen LogP contribution in [0.5, 0.6) is 0 Å². The Hall–Kier alpha value is -3.02. The zero-order valence-corrected chi connectivity index (χ0v) is 21.7. The summed E-state index contributed by atoms with van der Waals surface area (Å²) >= 11 is 0. The summed E-state index contributed by atoms with van der Waals surface area (Å²) in [6, 6.07) is 15.8. The van der Waals surface area contributed by atoms with Gasteiger partial charge in [0.2, 0.25) is 0 Å². The van der Waals surface area contributed by atoms with Crippen LogP contribution >= 0.6 is 0 Å². The average molecular weight is 501 g/mol. The number of carbonyl (C=O) groups is 2. The van der Waals surface area contributed by atoms with E-state index in [9.17, 15) is 9.59 Å². The molecule has 2 aromatic carbocycles. The molecule has 6 rings (SSSR count). The predicted molar refractivity (Wildman–Crippen MR) is 148 cm³/mol. The first-order valence-electron chi connectivity index (χ1n) is 14.3. The molecular weight excluding hydrogens is 460 g/mol. The molecule has 4 saturated carbocycles. The number of urea groups is 2. The fourth-order valence-corrected chi connectivity index (χ4v) is 7.70. The Kier molecular flexibility index (Phi) is 7.08. The molecule has 0 spiro atoms. The van der Waals surface area contributed by atoms with Crippen LogP contribution in [0.1, 0.15) is 62.5 Å². The van der Waals surface area contributed by atoms with Crippen molar-refractivity contribution in [2.45, 2.75) is 57.8 Å². The van der Waals surface area contributed by atoms with Gasteiger partial charge in [-0.1, -0.05) is 37.1 Å². The molecule has 4 N–H and O–H groups in total. The molecule has 37 heavy (non-hydrogen) atoms. The first-order valence-corrected chi connectivity index (χ1v) is 14.3. The molecule has 0 heterocycles. The third-order valence-electron chi connectivity index (χ3n) is 9.65. The number of hydrogen-bond donors (Lipinski definition) is 4. The molecule has 6 heteroatoms. The molecule has 0 unspecified atom stereocenters. The van der Waals surface area contributed by atoms with Gasteiger partial charge >= 0.3 is 12.1 Å². The van der Waals surface area contributed by atoms with E-state index in [2.05, 4.69) is 45.5 Å². The summed E-state index contributed by atoms with van der Waals surface area (Å²) < 4.78 is 0. The van der Waals surface area contributed by atoms with Gasteiger partial charge in [0, 0.05) is 24.5 Å². The minimum Gasteiger partial charge on any atom is -0.338 e. The van der Waals surface area contributed by atoms with E-state index in [1.165, 1.54) is 62.5 Å². The Morgan fingerprint density at radius 1 is 0.595 bits per heavy atom. The Labute approximate surface area is 220 Å². The highest BCUT2D eigenvalue weighted by Gasteiger charge is 2.40. The highest BCUT2D eigenvalue weighted by molar-refractivity contribution is 5.89. The largest absolute Gasteiger partial charge is 0.338 e. The van der Waals surface area contributed by atoms with Gasteiger partial charge in [0.1, 0.15) is 0 Å². The molecule has 4 aliphatic carbocycles. The van der Waals surface area contributed by atoms with E-state index in [0.29, 0.717) is 11.8 Å². The number of benzene rings is 2. The van der Waals surface area contributed by atoms with Crippen LogP contribution in [-0.2, 0) is 6.42 Å². The van der Waals surface area contributed by atoms with Gasteiger partial charge in [0.05, 0.1) is 0 Å². The smallest absolute Gasteiger partial charge is 0.319 e. The molecule has 0 aromatic heterocycles. The van der Waals surface area contributed by atoms with Crippen LogP contribution in [0.25, 0.3) is 0 Å². The molecule has 2 aromatic rings. The first-order chi connectivity index (χ1) is 18.1. The van der Waals surface area contributed by atoms with Gasteiger partial charge in [-0.3, -0.25) is 0 Å². The summed E-state index contributed by atoms with van der Waals surface area (Å²) in [4.78, 5) is 24.7. The van der Waals surface area contributed by atoms with Gasteiger partial charge in [0.15, 0.2) is 0 Å². The van der Waals surface area contributed by atoms with Gasteiger partial charge in [-0.2, -0.15) is 0 Å². The zero-order chi connectivity index (χ0) is 25.2. The maximum Gasteiger partial charge on any atom is 0.319 e. The van der Waals surface area contributed by atoms with Crippen molar-refractivity contribution in [3.63, 3.8) is 0 Å². The second-order valence-corrected chi connectivity index (χ2v) is 12.1. The van der Waals surface area contributed by atoms with Gasteiger partial charge in [0.25, 0.3) is 0 Å². The molecule has 0 aliphatic heterocycles. The second kappa shape index (κ2) is 10.8. The number of amides is 4. The van der Waals surface area contributed by atoms with Crippen molar-refractivity contribution >= 4 is 23.4 Å². The summed E-state index contributed by atoms with van der Waals surface area (Å²) in [5, 5.41) is 12.1. The third kappa shape index (κ3) is 5.94. The number of anilines is 2. The summed E-state index contributed by atoms with van der Waals surface area (Å²) in [5.74, 6) is 4.78. The van der Waals surface area contributed by atoms with Crippen LogP contribution in [0, 0.1) is 35.5 Å². The standard InChI is InChI=1S/C31H40N4O2/c36-30(32-18-26-16-22-1-7-24(26)14-22)34-28-9-3-20(4-10-28)13-21-5-11-29(12-6-21)35-31(37)33-19-27-17-23-2-8-25(27)15-23/h3-6,9-12,22-27H,1-2,7-8,13-19H2,(H2,32,34,36)(H2,33,35,37)/t22-,23-,24-,25-,26-,27+/m1/s1. The van der Waals surface area contributed by atoms with Crippen LogP contribution in [0.3, 0.4) is 0 Å². The van der Waals surface area contributed by atoms with Crippen LogP contribution in [0.4, 0.5) is 21.0 Å². The minimum absolute atomic E-state index is 0.113. The number of carbonyl (C=O) groups excluding carboxylic acids is 2. The van der Waals surface area contributed by atoms with E-state index in [4.69, 9.17) is 0 Å². The molecule has 0 saturated heterocycles. The molecule has 0 radical (unpaired) electrons. The monoisotopic (exact) mass is 500 g/mol. The molecule has 4 bridgehead atoms. The predicted octanol–water partition coefficient (Wildman–Crippen LogP) is 6.39. The van der Waals surface area contributed by atoms with Crippen LogP contribution in [-0.4, -0.2) is 25.2 Å². The highest BCUT2D eigenvalue weighted by atomic mass is 16.2. The van der Waals surface area contributed by atoms with Crippen molar-refractivity contribution in [3.8, 4) is 0 Å². The van der Waals surface area contributed by atoms with E-state index >= 15 is 0 Å². The van der Waals surface area contributed by atoms with E-state index in [1.807, 2.05) is 24.3 Å². The van der Waals surface area contributed by atoms with Crippen LogP contribution < -0.4 is 21.3 Å². The van der Waals surface area contributed by atoms with Crippen LogP contribution in [0.2, 0.25) is 0 Å². The quantitative estimate of drug-likeness (QED) is 0.339. The SMILES string of the molecule is O=C(NC[C@@H]1C[C@@H]2CC[C@@H]1C2)Nc1ccc(Cc2ccc(NC(=O)NC[C@H]3C[C@@H]4CC[C@@H]3C4)cc2)cc1. The molecule has 196 valence electrons. The van der Waals surface area contributed by atoms with Crippen molar-refractivity contribution in [1.29, 1.82) is 0 Å². The Balaban J connectivity index is 0.917. The van der Waals surface area contributed by atoms with E-state index in [1.54, 1.807) is 0 Å².